The molecule has 0 aliphatic carbocycles. The molecule has 0 aliphatic rings. The van der Waals surface area contributed by atoms with Gasteiger partial charge in [-0.15, -0.1) is 0 Å². The number of benzene rings is 1. The number of halogens is 1. The Morgan fingerprint density at radius 3 is 2.56 bits per heavy atom. The van der Waals surface area contributed by atoms with E-state index in [9.17, 15) is 0 Å². The van der Waals surface area contributed by atoms with Crippen LogP contribution in [0.4, 0.5) is 5.13 Å². The van der Waals surface area contributed by atoms with Gasteiger partial charge in [-0.2, -0.15) is 5.26 Å². The lowest BCUT2D eigenvalue weighted by molar-refractivity contribution is 1.35. The zero-order valence-corrected chi connectivity index (χ0v) is 10.9. The summed E-state index contributed by atoms with van der Waals surface area (Å²) in [7, 11) is 1.84. The van der Waals surface area contributed by atoms with Crippen LogP contribution >= 0.6 is 27.3 Å². The molecule has 3 nitrogen and oxygen atoms in total. The highest BCUT2D eigenvalue weighted by molar-refractivity contribution is 9.11. The van der Waals surface area contributed by atoms with Gasteiger partial charge < -0.3 is 5.32 Å². The minimum atomic E-state index is 0.656. The summed E-state index contributed by atoms with van der Waals surface area (Å²) in [6, 6.07) is 9.48. The van der Waals surface area contributed by atoms with Gasteiger partial charge in [0.2, 0.25) is 0 Å². The molecule has 0 saturated carbocycles. The van der Waals surface area contributed by atoms with Crippen LogP contribution in [0.3, 0.4) is 0 Å². The van der Waals surface area contributed by atoms with E-state index in [0.717, 1.165) is 20.2 Å². The highest BCUT2D eigenvalue weighted by Crippen LogP contribution is 2.35. The van der Waals surface area contributed by atoms with Gasteiger partial charge in [0.05, 0.1) is 21.1 Å². The fourth-order valence-corrected chi connectivity index (χ4v) is 2.74. The van der Waals surface area contributed by atoms with E-state index in [-0.39, 0.29) is 0 Å². The normalized spacial score (nSPS) is 9.81. The van der Waals surface area contributed by atoms with E-state index in [0.29, 0.717) is 5.56 Å². The van der Waals surface area contributed by atoms with Crippen molar-refractivity contribution in [3.63, 3.8) is 0 Å². The van der Waals surface area contributed by atoms with Gasteiger partial charge in [-0.25, -0.2) is 4.98 Å². The molecule has 1 N–H and O–H groups in total. The van der Waals surface area contributed by atoms with Crippen molar-refractivity contribution in [1.29, 1.82) is 5.26 Å². The van der Waals surface area contributed by atoms with Crippen LogP contribution in [0.2, 0.25) is 0 Å². The molecule has 0 fully saturated rings. The Morgan fingerprint density at radius 1 is 1.38 bits per heavy atom. The minimum absolute atomic E-state index is 0.656. The highest BCUT2D eigenvalue weighted by Gasteiger charge is 2.09. The summed E-state index contributed by atoms with van der Waals surface area (Å²) < 4.78 is 0.988. The SMILES string of the molecule is CNc1nc(-c2ccc(C#N)cc2)c(Br)s1. The van der Waals surface area contributed by atoms with Gasteiger partial charge in [-0.3, -0.25) is 0 Å². The number of thiazole rings is 1. The maximum Gasteiger partial charge on any atom is 0.184 e. The number of nitriles is 1. The van der Waals surface area contributed by atoms with Gasteiger partial charge in [0.25, 0.3) is 0 Å². The largest absolute Gasteiger partial charge is 0.365 e. The van der Waals surface area contributed by atoms with Crippen LogP contribution in [0, 0.1) is 11.3 Å². The van der Waals surface area contributed by atoms with Crippen molar-refractivity contribution in [3.8, 4) is 17.3 Å². The van der Waals surface area contributed by atoms with Gasteiger partial charge >= 0.3 is 0 Å². The minimum Gasteiger partial charge on any atom is -0.365 e. The summed E-state index contributed by atoms with van der Waals surface area (Å²) in [6.45, 7) is 0. The van der Waals surface area contributed by atoms with E-state index in [1.807, 2.05) is 19.2 Å². The molecular formula is C11H8BrN3S. The quantitative estimate of drug-likeness (QED) is 0.922. The third kappa shape index (κ3) is 2.08. The molecule has 2 aromatic rings. The van der Waals surface area contributed by atoms with Gasteiger partial charge in [0.15, 0.2) is 5.13 Å². The van der Waals surface area contributed by atoms with E-state index in [4.69, 9.17) is 5.26 Å². The molecule has 0 radical (unpaired) electrons. The molecule has 0 bridgehead atoms. The van der Waals surface area contributed by atoms with Gasteiger partial charge in [-0.05, 0) is 28.1 Å². The van der Waals surface area contributed by atoms with E-state index in [2.05, 4.69) is 32.3 Å². The van der Waals surface area contributed by atoms with E-state index in [1.54, 1.807) is 23.5 Å². The Labute approximate surface area is 106 Å². The first-order valence-electron chi connectivity index (χ1n) is 4.59. The first-order valence-corrected chi connectivity index (χ1v) is 6.20. The number of rotatable bonds is 2. The van der Waals surface area contributed by atoms with Crippen molar-refractivity contribution in [1.82, 2.24) is 4.98 Å². The molecule has 2 rings (SSSR count). The number of aromatic nitrogens is 1. The van der Waals surface area contributed by atoms with Crippen LogP contribution in [0.15, 0.2) is 28.1 Å². The maximum absolute atomic E-state index is 8.71. The fourth-order valence-electron chi connectivity index (χ4n) is 1.29. The molecule has 1 heterocycles. The lowest BCUT2D eigenvalue weighted by Crippen LogP contribution is -1.86. The monoisotopic (exact) mass is 293 g/mol. The van der Waals surface area contributed by atoms with Crippen molar-refractivity contribution < 1.29 is 0 Å². The predicted molar refractivity (Wildman–Crippen MR) is 69.5 cm³/mol. The summed E-state index contributed by atoms with van der Waals surface area (Å²) in [4.78, 5) is 4.43. The molecular weight excluding hydrogens is 286 g/mol. The molecule has 0 aliphatic heterocycles. The van der Waals surface area contributed by atoms with Crippen LogP contribution < -0.4 is 5.32 Å². The van der Waals surface area contributed by atoms with Crippen LogP contribution in [-0.4, -0.2) is 12.0 Å². The second-order valence-corrected chi connectivity index (χ2v) is 5.40. The van der Waals surface area contributed by atoms with Crippen molar-refractivity contribution in [2.75, 3.05) is 12.4 Å². The van der Waals surface area contributed by atoms with Crippen molar-refractivity contribution in [3.05, 3.63) is 33.6 Å². The van der Waals surface area contributed by atoms with Crippen molar-refractivity contribution >= 4 is 32.4 Å². The van der Waals surface area contributed by atoms with Gasteiger partial charge in [-0.1, -0.05) is 23.5 Å². The Morgan fingerprint density at radius 2 is 2.06 bits per heavy atom. The molecule has 1 aromatic heterocycles. The molecule has 0 amide bonds. The Kier molecular flexibility index (Phi) is 3.22. The average molecular weight is 294 g/mol. The van der Waals surface area contributed by atoms with Crippen molar-refractivity contribution in [2.45, 2.75) is 0 Å². The van der Waals surface area contributed by atoms with Crippen LogP contribution in [0.25, 0.3) is 11.3 Å². The molecule has 5 heteroatoms. The van der Waals surface area contributed by atoms with E-state index in [1.165, 1.54) is 0 Å². The second-order valence-electron chi connectivity index (χ2n) is 3.08. The summed E-state index contributed by atoms with van der Waals surface area (Å²) >= 11 is 5.03. The van der Waals surface area contributed by atoms with Gasteiger partial charge in [0, 0.05) is 12.6 Å². The molecule has 80 valence electrons. The number of anilines is 1. The zero-order chi connectivity index (χ0) is 11.5. The zero-order valence-electron chi connectivity index (χ0n) is 8.49. The molecule has 0 atom stereocenters. The average Bonchev–Trinajstić information content (AvgIpc) is 2.71. The number of nitrogens with one attached hydrogen (secondary N) is 1. The van der Waals surface area contributed by atoms with E-state index < -0.39 is 0 Å². The van der Waals surface area contributed by atoms with Gasteiger partial charge in [0.1, 0.15) is 0 Å². The van der Waals surface area contributed by atoms with Crippen molar-refractivity contribution in [2.24, 2.45) is 0 Å². The van der Waals surface area contributed by atoms with Crippen LogP contribution in [0.1, 0.15) is 5.56 Å². The Bertz CT molecular complexity index is 539. The third-order valence-electron chi connectivity index (χ3n) is 2.09. The number of nitrogens with zero attached hydrogens (tertiary/aromatic N) is 2. The standard InChI is InChI=1S/C11H8BrN3S/c1-14-11-15-9(10(12)16-11)8-4-2-7(6-13)3-5-8/h2-5H,1H3,(H,14,15). The lowest BCUT2D eigenvalue weighted by Gasteiger charge is -1.97. The van der Waals surface area contributed by atoms with Crippen LogP contribution in [0.5, 0.6) is 0 Å². The number of hydrogen-bond acceptors (Lipinski definition) is 4. The topological polar surface area (TPSA) is 48.7 Å². The molecule has 1 aromatic carbocycles. The Hall–Kier alpha value is -1.38. The first-order chi connectivity index (χ1) is 7.74. The summed E-state index contributed by atoms with van der Waals surface area (Å²) in [5.41, 5.74) is 2.56. The molecule has 16 heavy (non-hydrogen) atoms. The first kappa shape index (κ1) is 11.1. The maximum atomic E-state index is 8.71. The summed E-state index contributed by atoms with van der Waals surface area (Å²) in [5, 5.41) is 12.6. The third-order valence-corrected chi connectivity index (χ3v) is 3.81. The highest BCUT2D eigenvalue weighted by atomic mass is 79.9. The second kappa shape index (κ2) is 4.64. The molecule has 0 unspecified atom stereocenters. The number of hydrogen-bond donors (Lipinski definition) is 1. The predicted octanol–water partition coefficient (Wildman–Crippen LogP) is 3.49. The smallest absolute Gasteiger partial charge is 0.184 e. The molecule has 0 spiro atoms. The summed E-state index contributed by atoms with van der Waals surface area (Å²) in [6.07, 6.45) is 0. The Balaban J connectivity index is 2.42. The van der Waals surface area contributed by atoms with E-state index >= 15 is 0 Å². The molecule has 0 saturated heterocycles. The van der Waals surface area contributed by atoms with Crippen LogP contribution in [-0.2, 0) is 0 Å². The summed E-state index contributed by atoms with van der Waals surface area (Å²) in [5.74, 6) is 0. The fraction of sp³-hybridized carbons (Fsp3) is 0.0909. The lowest BCUT2D eigenvalue weighted by atomic mass is 10.1.